The fraction of sp³-hybridized carbons (Fsp3) is 0.250. The quantitative estimate of drug-likeness (QED) is 0.838. The Hall–Kier alpha value is -1.65. The predicted octanol–water partition coefficient (Wildman–Crippen LogP) is 4.04. The first-order valence-electron chi connectivity index (χ1n) is 7.04. The molecule has 6 heteroatoms. The summed E-state index contributed by atoms with van der Waals surface area (Å²) in [6.07, 6.45) is 0. The fourth-order valence-electron chi connectivity index (χ4n) is 2.73. The summed E-state index contributed by atoms with van der Waals surface area (Å²) in [7, 11) is 0. The average molecular weight is 340 g/mol. The van der Waals surface area contributed by atoms with Gasteiger partial charge in [0, 0.05) is 37.6 Å². The van der Waals surface area contributed by atoms with Gasteiger partial charge in [0.15, 0.2) is 0 Å². The summed E-state index contributed by atoms with van der Waals surface area (Å²) >= 11 is 12.6. The first-order valence-corrected chi connectivity index (χ1v) is 7.80. The second-order valence-electron chi connectivity index (χ2n) is 5.28. The second-order valence-corrected chi connectivity index (χ2v) is 6.10. The van der Waals surface area contributed by atoms with Crippen molar-refractivity contribution in [3.63, 3.8) is 0 Å². The molecule has 3 nitrogen and oxygen atoms in total. The van der Waals surface area contributed by atoms with Crippen LogP contribution in [0.5, 0.6) is 0 Å². The fourth-order valence-corrected chi connectivity index (χ4v) is 3.47. The molecule has 1 saturated heterocycles. The Labute approximate surface area is 139 Å². The molecule has 2 N–H and O–H groups in total. The smallest absolute Gasteiger partial charge is 0.123 e. The number of benzene rings is 2. The van der Waals surface area contributed by atoms with Gasteiger partial charge in [-0.3, -0.25) is 0 Å². The highest BCUT2D eigenvalue weighted by Crippen LogP contribution is 2.36. The molecule has 2 aromatic carbocycles. The number of nitrogens with zero attached hydrogens (tertiary/aromatic N) is 2. The third-order valence-corrected chi connectivity index (χ3v) is 4.40. The van der Waals surface area contributed by atoms with E-state index in [2.05, 4.69) is 9.80 Å². The summed E-state index contributed by atoms with van der Waals surface area (Å²) in [5.41, 5.74) is 8.15. The minimum atomic E-state index is -0.220. The Morgan fingerprint density at radius 3 is 1.91 bits per heavy atom. The number of hydrogen-bond donors (Lipinski definition) is 1. The molecular formula is C16H16Cl2FN3. The molecule has 0 saturated carbocycles. The van der Waals surface area contributed by atoms with Crippen molar-refractivity contribution >= 4 is 40.3 Å². The predicted molar refractivity (Wildman–Crippen MR) is 91.7 cm³/mol. The summed E-state index contributed by atoms with van der Waals surface area (Å²) in [5.74, 6) is -0.220. The van der Waals surface area contributed by atoms with Gasteiger partial charge in [-0.1, -0.05) is 23.2 Å². The molecule has 0 unspecified atom stereocenters. The van der Waals surface area contributed by atoms with E-state index in [9.17, 15) is 4.39 Å². The lowest BCUT2D eigenvalue weighted by Crippen LogP contribution is -2.46. The molecule has 0 bridgehead atoms. The van der Waals surface area contributed by atoms with Crippen LogP contribution in [0.1, 0.15) is 0 Å². The van der Waals surface area contributed by atoms with Crippen molar-refractivity contribution in [2.45, 2.75) is 0 Å². The van der Waals surface area contributed by atoms with Gasteiger partial charge in [0.05, 0.1) is 15.7 Å². The molecule has 1 fully saturated rings. The minimum absolute atomic E-state index is 0.220. The van der Waals surface area contributed by atoms with Crippen LogP contribution < -0.4 is 15.5 Å². The molecule has 1 aliphatic heterocycles. The molecule has 0 amide bonds. The molecule has 116 valence electrons. The number of rotatable bonds is 2. The highest BCUT2D eigenvalue weighted by Gasteiger charge is 2.21. The highest BCUT2D eigenvalue weighted by atomic mass is 35.5. The topological polar surface area (TPSA) is 32.5 Å². The lowest BCUT2D eigenvalue weighted by Gasteiger charge is -2.38. The molecule has 1 heterocycles. The molecule has 0 aromatic heterocycles. The molecule has 1 aliphatic rings. The normalized spacial score (nSPS) is 15.2. The van der Waals surface area contributed by atoms with Crippen molar-refractivity contribution in [1.29, 1.82) is 0 Å². The largest absolute Gasteiger partial charge is 0.399 e. The molecule has 0 spiro atoms. The molecule has 22 heavy (non-hydrogen) atoms. The van der Waals surface area contributed by atoms with Gasteiger partial charge in [-0.05, 0) is 36.4 Å². The van der Waals surface area contributed by atoms with Crippen molar-refractivity contribution in [3.8, 4) is 0 Å². The number of anilines is 3. The van der Waals surface area contributed by atoms with E-state index in [1.54, 1.807) is 24.3 Å². The Morgan fingerprint density at radius 1 is 0.864 bits per heavy atom. The van der Waals surface area contributed by atoms with E-state index in [-0.39, 0.29) is 5.82 Å². The van der Waals surface area contributed by atoms with E-state index in [0.717, 1.165) is 37.6 Å². The van der Waals surface area contributed by atoms with Crippen LogP contribution in [-0.2, 0) is 0 Å². The van der Waals surface area contributed by atoms with Crippen molar-refractivity contribution in [2.75, 3.05) is 41.7 Å². The lowest BCUT2D eigenvalue weighted by atomic mass is 10.2. The summed E-state index contributed by atoms with van der Waals surface area (Å²) in [6.45, 7) is 3.23. The summed E-state index contributed by atoms with van der Waals surface area (Å²) in [5, 5.41) is 1.14. The Bertz CT molecular complexity index is 645. The maximum absolute atomic E-state index is 13.0. The molecule has 0 aliphatic carbocycles. The first-order chi connectivity index (χ1) is 10.5. The summed E-state index contributed by atoms with van der Waals surface area (Å²) < 4.78 is 13.0. The Balaban J connectivity index is 1.73. The number of nitrogen functional groups attached to an aromatic ring is 1. The molecule has 2 aromatic rings. The molecule has 0 radical (unpaired) electrons. The zero-order valence-electron chi connectivity index (χ0n) is 11.9. The third kappa shape index (κ3) is 3.08. The van der Waals surface area contributed by atoms with Crippen LogP contribution in [0.3, 0.4) is 0 Å². The standard InChI is InChI=1S/C16H16Cl2FN3/c17-14-9-12(20)10-15(18)16(14)22-7-5-21(6-8-22)13-3-1-11(19)2-4-13/h1-4,9-10H,5-8,20H2. The molecule has 0 atom stereocenters. The third-order valence-electron chi connectivity index (χ3n) is 3.83. The second kappa shape index (κ2) is 6.23. The van der Waals surface area contributed by atoms with Crippen molar-refractivity contribution in [3.05, 3.63) is 52.3 Å². The highest BCUT2D eigenvalue weighted by molar-refractivity contribution is 6.39. The SMILES string of the molecule is Nc1cc(Cl)c(N2CCN(c3ccc(F)cc3)CC2)c(Cl)c1. The number of nitrogens with two attached hydrogens (primary N) is 1. The van der Waals surface area contributed by atoms with E-state index < -0.39 is 0 Å². The molecule has 3 rings (SSSR count). The zero-order valence-corrected chi connectivity index (χ0v) is 13.4. The summed E-state index contributed by atoms with van der Waals surface area (Å²) in [6, 6.07) is 10.00. The maximum Gasteiger partial charge on any atom is 0.123 e. The number of piperazine rings is 1. The average Bonchev–Trinajstić information content (AvgIpc) is 2.48. The van der Waals surface area contributed by atoms with Gasteiger partial charge in [-0.25, -0.2) is 4.39 Å². The van der Waals surface area contributed by atoms with E-state index in [0.29, 0.717) is 15.7 Å². The van der Waals surface area contributed by atoms with E-state index >= 15 is 0 Å². The van der Waals surface area contributed by atoms with Crippen LogP contribution in [0.25, 0.3) is 0 Å². The van der Waals surface area contributed by atoms with Crippen molar-refractivity contribution in [2.24, 2.45) is 0 Å². The lowest BCUT2D eigenvalue weighted by molar-refractivity contribution is 0.625. The number of halogens is 3. The molecular weight excluding hydrogens is 324 g/mol. The zero-order chi connectivity index (χ0) is 15.7. The monoisotopic (exact) mass is 339 g/mol. The van der Waals surface area contributed by atoms with Gasteiger partial charge in [-0.15, -0.1) is 0 Å². The van der Waals surface area contributed by atoms with Crippen molar-refractivity contribution < 1.29 is 4.39 Å². The van der Waals surface area contributed by atoms with Gasteiger partial charge in [0.25, 0.3) is 0 Å². The van der Waals surface area contributed by atoms with Gasteiger partial charge in [0.1, 0.15) is 5.82 Å². The van der Waals surface area contributed by atoms with Crippen LogP contribution in [-0.4, -0.2) is 26.2 Å². The minimum Gasteiger partial charge on any atom is -0.399 e. The number of hydrogen-bond acceptors (Lipinski definition) is 3. The van der Waals surface area contributed by atoms with Gasteiger partial charge < -0.3 is 15.5 Å². The first kappa shape index (κ1) is 15.3. The van der Waals surface area contributed by atoms with Gasteiger partial charge >= 0.3 is 0 Å². The Kier molecular flexibility index (Phi) is 4.32. The van der Waals surface area contributed by atoms with E-state index in [4.69, 9.17) is 28.9 Å². The van der Waals surface area contributed by atoms with E-state index in [1.165, 1.54) is 12.1 Å². The van der Waals surface area contributed by atoms with Gasteiger partial charge in [-0.2, -0.15) is 0 Å². The van der Waals surface area contributed by atoms with Crippen molar-refractivity contribution in [1.82, 2.24) is 0 Å². The van der Waals surface area contributed by atoms with Crippen LogP contribution in [0.15, 0.2) is 36.4 Å². The van der Waals surface area contributed by atoms with Gasteiger partial charge in [0.2, 0.25) is 0 Å². The summed E-state index contributed by atoms with van der Waals surface area (Å²) in [4.78, 5) is 4.37. The van der Waals surface area contributed by atoms with Crippen LogP contribution in [0.2, 0.25) is 10.0 Å². The maximum atomic E-state index is 13.0. The Morgan fingerprint density at radius 2 is 1.36 bits per heavy atom. The van der Waals surface area contributed by atoms with E-state index in [1.807, 2.05) is 0 Å². The van der Waals surface area contributed by atoms with Crippen LogP contribution in [0.4, 0.5) is 21.5 Å². The van der Waals surface area contributed by atoms with Crippen LogP contribution >= 0.6 is 23.2 Å². The van der Waals surface area contributed by atoms with Crippen LogP contribution in [0, 0.1) is 5.82 Å².